The third-order valence-electron chi connectivity index (χ3n) is 2.74. The molecule has 0 atom stereocenters. The van der Waals surface area contributed by atoms with Crippen LogP contribution in [-0.2, 0) is 16.4 Å². The van der Waals surface area contributed by atoms with Crippen molar-refractivity contribution in [3.63, 3.8) is 0 Å². The minimum atomic E-state index is -4.27. The highest BCUT2D eigenvalue weighted by atomic mass is 32.2. The van der Waals surface area contributed by atoms with Crippen LogP contribution in [0, 0.1) is 5.82 Å². The summed E-state index contributed by atoms with van der Waals surface area (Å²) < 4.78 is 39.2. The maximum atomic E-state index is 13.5. The fourth-order valence-corrected chi connectivity index (χ4v) is 2.81. The van der Waals surface area contributed by atoms with Gasteiger partial charge in [-0.3, -0.25) is 9.89 Å². The van der Waals surface area contributed by atoms with Gasteiger partial charge in [0.25, 0.3) is 15.9 Å². The zero-order valence-corrected chi connectivity index (χ0v) is 12.1. The van der Waals surface area contributed by atoms with Crippen LogP contribution in [0.1, 0.15) is 29.5 Å². The van der Waals surface area contributed by atoms with Crippen molar-refractivity contribution < 1.29 is 17.6 Å². The van der Waals surface area contributed by atoms with Crippen molar-refractivity contribution in [1.82, 2.24) is 14.9 Å². The molecule has 0 radical (unpaired) electrons. The molecule has 1 amide bonds. The van der Waals surface area contributed by atoms with Crippen LogP contribution in [0.2, 0.25) is 0 Å². The van der Waals surface area contributed by atoms with Gasteiger partial charge in [0, 0.05) is 5.69 Å². The number of carbonyl (C=O) groups is 1. The van der Waals surface area contributed by atoms with Crippen molar-refractivity contribution in [3.8, 4) is 0 Å². The summed E-state index contributed by atoms with van der Waals surface area (Å²) in [7, 11) is -4.27. The summed E-state index contributed by atoms with van der Waals surface area (Å²) in [6.45, 7) is 1.96. The largest absolute Gasteiger partial charge is 0.285 e. The summed E-state index contributed by atoms with van der Waals surface area (Å²) in [6.07, 6.45) is 1.55. The Morgan fingerprint density at radius 1 is 1.38 bits per heavy atom. The Bertz CT molecular complexity index is 756. The fraction of sp³-hybridized carbons (Fsp3) is 0.231. The lowest BCUT2D eigenvalue weighted by molar-refractivity contribution is 0.0976. The monoisotopic (exact) mass is 311 g/mol. The van der Waals surface area contributed by atoms with Crippen LogP contribution >= 0.6 is 0 Å². The van der Waals surface area contributed by atoms with Gasteiger partial charge in [0.15, 0.2) is 5.69 Å². The maximum Gasteiger partial charge on any atom is 0.285 e. The number of amides is 1. The quantitative estimate of drug-likeness (QED) is 0.877. The Kier molecular flexibility index (Phi) is 4.37. The SMILES string of the molecule is CCCc1cc(C(=O)NS(=O)(=O)c2ccccc2F)n[nH]1. The van der Waals surface area contributed by atoms with Crippen molar-refractivity contribution in [2.24, 2.45) is 0 Å². The molecule has 6 nitrogen and oxygen atoms in total. The number of carbonyl (C=O) groups excluding carboxylic acids is 1. The maximum absolute atomic E-state index is 13.5. The van der Waals surface area contributed by atoms with Crippen molar-refractivity contribution >= 4 is 15.9 Å². The third kappa shape index (κ3) is 3.46. The number of rotatable bonds is 5. The number of hydrogen-bond donors (Lipinski definition) is 2. The molecule has 2 aromatic rings. The fourth-order valence-electron chi connectivity index (χ4n) is 1.77. The first-order chi connectivity index (χ1) is 9.94. The Labute approximate surface area is 121 Å². The molecule has 1 aromatic carbocycles. The molecule has 0 fully saturated rings. The molecule has 21 heavy (non-hydrogen) atoms. The van der Waals surface area contributed by atoms with E-state index in [1.807, 2.05) is 6.92 Å². The number of aromatic nitrogens is 2. The number of aromatic amines is 1. The lowest BCUT2D eigenvalue weighted by Crippen LogP contribution is -2.31. The van der Waals surface area contributed by atoms with E-state index in [-0.39, 0.29) is 5.69 Å². The predicted octanol–water partition coefficient (Wildman–Crippen LogP) is 1.62. The molecule has 112 valence electrons. The van der Waals surface area contributed by atoms with Crippen LogP contribution in [0.25, 0.3) is 0 Å². The lowest BCUT2D eigenvalue weighted by atomic mass is 10.2. The topological polar surface area (TPSA) is 91.9 Å². The third-order valence-corrected chi connectivity index (χ3v) is 4.10. The first kappa shape index (κ1) is 15.2. The molecule has 0 spiro atoms. The van der Waals surface area contributed by atoms with Crippen molar-refractivity contribution in [2.45, 2.75) is 24.7 Å². The summed E-state index contributed by atoms with van der Waals surface area (Å²) in [5.41, 5.74) is 0.671. The minimum Gasteiger partial charge on any atom is -0.282 e. The van der Waals surface area contributed by atoms with E-state index in [2.05, 4.69) is 10.2 Å². The smallest absolute Gasteiger partial charge is 0.282 e. The first-order valence-electron chi connectivity index (χ1n) is 6.30. The molecular formula is C13H14FN3O3S. The van der Waals surface area contributed by atoms with Gasteiger partial charge in [0.1, 0.15) is 10.7 Å². The predicted molar refractivity (Wildman–Crippen MR) is 73.6 cm³/mol. The van der Waals surface area contributed by atoms with Gasteiger partial charge in [-0.25, -0.2) is 17.5 Å². The molecule has 0 saturated carbocycles. The molecule has 2 rings (SSSR count). The number of H-pyrrole nitrogens is 1. The van der Waals surface area contributed by atoms with E-state index in [0.717, 1.165) is 24.2 Å². The molecule has 2 N–H and O–H groups in total. The molecule has 0 aliphatic heterocycles. The van der Waals surface area contributed by atoms with E-state index >= 15 is 0 Å². The van der Waals surface area contributed by atoms with E-state index in [1.165, 1.54) is 18.2 Å². The molecule has 0 bridgehead atoms. The van der Waals surface area contributed by atoms with Gasteiger partial charge in [-0.15, -0.1) is 0 Å². The highest BCUT2D eigenvalue weighted by molar-refractivity contribution is 7.90. The van der Waals surface area contributed by atoms with Gasteiger partial charge in [0.2, 0.25) is 0 Å². The number of benzene rings is 1. The average molecular weight is 311 g/mol. The molecular weight excluding hydrogens is 297 g/mol. The van der Waals surface area contributed by atoms with Crippen LogP contribution in [0.4, 0.5) is 4.39 Å². The normalized spacial score (nSPS) is 11.3. The zero-order valence-electron chi connectivity index (χ0n) is 11.3. The summed E-state index contributed by atoms with van der Waals surface area (Å²) in [5, 5.41) is 6.38. The van der Waals surface area contributed by atoms with Gasteiger partial charge in [-0.1, -0.05) is 25.5 Å². The van der Waals surface area contributed by atoms with Crippen LogP contribution in [0.15, 0.2) is 35.2 Å². The zero-order chi connectivity index (χ0) is 15.5. The van der Waals surface area contributed by atoms with E-state index < -0.39 is 26.6 Å². The number of aryl methyl sites for hydroxylation is 1. The Morgan fingerprint density at radius 3 is 2.76 bits per heavy atom. The molecule has 0 aliphatic rings. The lowest BCUT2D eigenvalue weighted by Gasteiger charge is -2.05. The second-order valence-corrected chi connectivity index (χ2v) is 6.04. The van der Waals surface area contributed by atoms with Crippen LogP contribution in [0.5, 0.6) is 0 Å². The standard InChI is InChI=1S/C13H14FN3O3S/c1-2-5-9-8-11(16-15-9)13(18)17-21(19,20)12-7-4-3-6-10(12)14/h3-4,6-8H,2,5H2,1H3,(H,15,16)(H,17,18). The van der Waals surface area contributed by atoms with Crippen molar-refractivity contribution in [2.75, 3.05) is 0 Å². The summed E-state index contributed by atoms with van der Waals surface area (Å²) in [5.74, 6) is -1.83. The van der Waals surface area contributed by atoms with Gasteiger partial charge in [-0.2, -0.15) is 5.10 Å². The van der Waals surface area contributed by atoms with E-state index in [0.29, 0.717) is 6.42 Å². The Morgan fingerprint density at radius 2 is 2.10 bits per heavy atom. The van der Waals surface area contributed by atoms with Crippen LogP contribution in [-0.4, -0.2) is 24.5 Å². The molecule has 1 heterocycles. The Balaban J connectivity index is 2.20. The van der Waals surface area contributed by atoms with Crippen LogP contribution in [0.3, 0.4) is 0 Å². The Hall–Kier alpha value is -2.22. The van der Waals surface area contributed by atoms with Crippen LogP contribution < -0.4 is 4.72 Å². The molecule has 0 unspecified atom stereocenters. The molecule has 1 aromatic heterocycles. The van der Waals surface area contributed by atoms with Gasteiger partial charge in [0.05, 0.1) is 0 Å². The van der Waals surface area contributed by atoms with E-state index in [9.17, 15) is 17.6 Å². The van der Waals surface area contributed by atoms with Crippen molar-refractivity contribution in [3.05, 3.63) is 47.5 Å². The van der Waals surface area contributed by atoms with Gasteiger partial charge >= 0.3 is 0 Å². The second kappa shape index (κ2) is 6.04. The van der Waals surface area contributed by atoms with E-state index in [1.54, 1.807) is 4.72 Å². The number of halogens is 1. The van der Waals surface area contributed by atoms with E-state index in [4.69, 9.17) is 0 Å². The molecule has 8 heteroatoms. The van der Waals surface area contributed by atoms with Gasteiger partial charge < -0.3 is 0 Å². The number of sulfonamides is 1. The number of nitrogens with one attached hydrogen (secondary N) is 2. The second-order valence-electron chi connectivity index (χ2n) is 4.39. The number of hydrogen-bond acceptors (Lipinski definition) is 4. The highest BCUT2D eigenvalue weighted by Gasteiger charge is 2.23. The number of nitrogens with zero attached hydrogens (tertiary/aromatic N) is 1. The molecule has 0 aliphatic carbocycles. The summed E-state index contributed by atoms with van der Waals surface area (Å²) in [4.78, 5) is 11.3. The van der Waals surface area contributed by atoms with Gasteiger partial charge in [-0.05, 0) is 24.6 Å². The average Bonchev–Trinajstić information content (AvgIpc) is 2.88. The first-order valence-corrected chi connectivity index (χ1v) is 7.78. The highest BCUT2D eigenvalue weighted by Crippen LogP contribution is 2.13. The summed E-state index contributed by atoms with van der Waals surface area (Å²) >= 11 is 0. The summed E-state index contributed by atoms with van der Waals surface area (Å²) in [6, 6.07) is 6.29. The minimum absolute atomic E-state index is 0.0571. The molecule has 0 saturated heterocycles. The van der Waals surface area contributed by atoms with Crippen molar-refractivity contribution in [1.29, 1.82) is 0 Å².